The van der Waals surface area contributed by atoms with Gasteiger partial charge in [-0.1, -0.05) is 37.3 Å². The van der Waals surface area contributed by atoms with Crippen LogP contribution < -0.4 is 5.32 Å². The summed E-state index contributed by atoms with van der Waals surface area (Å²) in [5.74, 6) is 0.133. The van der Waals surface area contributed by atoms with Gasteiger partial charge in [-0.25, -0.2) is 0 Å². The lowest BCUT2D eigenvalue weighted by Gasteiger charge is -2.27. The molecule has 0 bridgehead atoms. The van der Waals surface area contributed by atoms with Crippen LogP contribution in [0.3, 0.4) is 0 Å². The first-order valence-corrected chi connectivity index (χ1v) is 9.99. The molecule has 1 saturated heterocycles. The summed E-state index contributed by atoms with van der Waals surface area (Å²) in [6.07, 6.45) is 15.9. The van der Waals surface area contributed by atoms with E-state index in [9.17, 15) is 9.59 Å². The Hall–Kier alpha value is -1.32. The Morgan fingerprint density at radius 1 is 1.12 bits per heavy atom. The van der Waals surface area contributed by atoms with Crippen LogP contribution in [0.15, 0.2) is 11.6 Å². The van der Waals surface area contributed by atoms with E-state index in [1.807, 2.05) is 4.90 Å². The highest BCUT2D eigenvalue weighted by Crippen LogP contribution is 2.28. The van der Waals surface area contributed by atoms with E-state index in [1.54, 1.807) is 0 Å². The summed E-state index contributed by atoms with van der Waals surface area (Å²) in [7, 11) is 0. The Labute approximate surface area is 146 Å². The normalized spacial score (nSPS) is 26.2. The van der Waals surface area contributed by atoms with E-state index in [0.29, 0.717) is 19.0 Å². The first kappa shape index (κ1) is 17.5. The van der Waals surface area contributed by atoms with E-state index in [2.05, 4.69) is 11.4 Å². The summed E-state index contributed by atoms with van der Waals surface area (Å²) >= 11 is 0. The number of hydrogen-bond acceptors (Lipinski definition) is 2. The standard InChI is InChI=1S/C20H32N2O2/c23-19-14-17(15-22(19)18-10-6-1-2-7-11-18)20(24)21-13-12-16-8-4-3-5-9-16/h8,17-18H,1-7,9-15H2,(H,21,24)/t17-/m1/s1. The number of amides is 2. The lowest BCUT2D eigenvalue weighted by molar-refractivity contribution is -0.130. The van der Waals surface area contributed by atoms with Crippen molar-refractivity contribution in [3.8, 4) is 0 Å². The third kappa shape index (κ3) is 4.61. The third-order valence-electron chi connectivity index (χ3n) is 5.93. The van der Waals surface area contributed by atoms with Crippen molar-refractivity contribution in [3.05, 3.63) is 11.6 Å². The number of nitrogens with one attached hydrogen (secondary N) is 1. The van der Waals surface area contributed by atoms with Gasteiger partial charge in [-0.05, 0) is 44.9 Å². The van der Waals surface area contributed by atoms with Crippen LogP contribution >= 0.6 is 0 Å². The zero-order chi connectivity index (χ0) is 16.8. The first-order valence-electron chi connectivity index (χ1n) is 9.99. The first-order chi connectivity index (χ1) is 11.7. The van der Waals surface area contributed by atoms with Crippen LogP contribution in [0.2, 0.25) is 0 Å². The number of rotatable bonds is 5. The lowest BCUT2D eigenvalue weighted by Crippen LogP contribution is -2.38. The summed E-state index contributed by atoms with van der Waals surface area (Å²) in [4.78, 5) is 26.8. The van der Waals surface area contributed by atoms with Crippen molar-refractivity contribution >= 4 is 11.8 Å². The summed E-state index contributed by atoms with van der Waals surface area (Å²) in [6, 6.07) is 0.380. The Bertz CT molecular complexity index is 478. The maximum absolute atomic E-state index is 12.4. The molecule has 0 aromatic carbocycles. The Kier molecular flexibility index (Phi) is 6.33. The quantitative estimate of drug-likeness (QED) is 0.618. The van der Waals surface area contributed by atoms with Crippen LogP contribution in [-0.2, 0) is 9.59 Å². The highest BCUT2D eigenvalue weighted by molar-refractivity contribution is 5.89. The van der Waals surface area contributed by atoms with Crippen molar-refractivity contribution in [1.82, 2.24) is 10.2 Å². The average molecular weight is 332 g/mol. The van der Waals surface area contributed by atoms with Crippen molar-refractivity contribution in [2.24, 2.45) is 5.92 Å². The molecule has 1 heterocycles. The van der Waals surface area contributed by atoms with E-state index in [0.717, 1.165) is 25.8 Å². The smallest absolute Gasteiger partial charge is 0.225 e. The minimum atomic E-state index is -0.138. The van der Waals surface area contributed by atoms with Gasteiger partial charge < -0.3 is 10.2 Å². The molecular formula is C20H32N2O2. The van der Waals surface area contributed by atoms with Crippen LogP contribution in [-0.4, -0.2) is 35.8 Å². The topological polar surface area (TPSA) is 49.4 Å². The fourth-order valence-electron chi connectivity index (χ4n) is 4.45. The van der Waals surface area contributed by atoms with E-state index in [-0.39, 0.29) is 17.7 Å². The summed E-state index contributed by atoms with van der Waals surface area (Å²) in [6.45, 7) is 1.36. The van der Waals surface area contributed by atoms with E-state index in [4.69, 9.17) is 0 Å². The molecule has 1 saturated carbocycles. The second-order valence-corrected chi connectivity index (χ2v) is 7.74. The summed E-state index contributed by atoms with van der Waals surface area (Å²) in [5.41, 5.74) is 1.49. The number of hydrogen-bond donors (Lipinski definition) is 1. The largest absolute Gasteiger partial charge is 0.355 e. The second kappa shape index (κ2) is 8.68. The minimum absolute atomic E-state index is 0.0795. The highest BCUT2D eigenvalue weighted by Gasteiger charge is 2.37. The molecule has 3 rings (SSSR count). The van der Waals surface area contributed by atoms with Gasteiger partial charge in [-0.2, -0.15) is 0 Å². The molecule has 2 fully saturated rings. The summed E-state index contributed by atoms with van der Waals surface area (Å²) in [5, 5.41) is 3.07. The molecule has 0 aromatic rings. The third-order valence-corrected chi connectivity index (χ3v) is 5.93. The molecule has 1 atom stereocenters. The Morgan fingerprint density at radius 3 is 2.62 bits per heavy atom. The molecule has 4 nitrogen and oxygen atoms in total. The Morgan fingerprint density at radius 2 is 1.92 bits per heavy atom. The molecule has 1 aliphatic heterocycles. The number of carbonyl (C=O) groups excluding carboxylic acids is 2. The van der Waals surface area contributed by atoms with Gasteiger partial charge in [0.15, 0.2) is 0 Å². The Balaban J connectivity index is 1.44. The van der Waals surface area contributed by atoms with Gasteiger partial charge in [-0.3, -0.25) is 9.59 Å². The number of nitrogens with zero attached hydrogens (tertiary/aromatic N) is 1. The average Bonchev–Trinajstić information content (AvgIpc) is 2.81. The van der Waals surface area contributed by atoms with Gasteiger partial charge in [0.05, 0.1) is 5.92 Å². The van der Waals surface area contributed by atoms with Crippen LogP contribution in [0.25, 0.3) is 0 Å². The predicted molar refractivity (Wildman–Crippen MR) is 95.5 cm³/mol. The van der Waals surface area contributed by atoms with Crippen molar-refractivity contribution in [2.75, 3.05) is 13.1 Å². The zero-order valence-electron chi connectivity index (χ0n) is 14.9. The van der Waals surface area contributed by atoms with Gasteiger partial charge >= 0.3 is 0 Å². The minimum Gasteiger partial charge on any atom is -0.355 e. The molecule has 0 radical (unpaired) electrons. The molecule has 0 aromatic heterocycles. The molecule has 0 spiro atoms. The van der Waals surface area contributed by atoms with E-state index < -0.39 is 0 Å². The number of likely N-dealkylation sites (tertiary alicyclic amines) is 1. The van der Waals surface area contributed by atoms with Crippen LogP contribution in [0.5, 0.6) is 0 Å². The number of allylic oxidation sites excluding steroid dienone is 1. The van der Waals surface area contributed by atoms with Gasteiger partial charge in [0, 0.05) is 25.6 Å². The molecule has 24 heavy (non-hydrogen) atoms. The fraction of sp³-hybridized carbons (Fsp3) is 0.800. The molecule has 0 unspecified atom stereocenters. The van der Waals surface area contributed by atoms with Gasteiger partial charge in [0.2, 0.25) is 11.8 Å². The molecule has 134 valence electrons. The van der Waals surface area contributed by atoms with Crippen molar-refractivity contribution in [3.63, 3.8) is 0 Å². The molecular weight excluding hydrogens is 300 g/mol. The fourth-order valence-corrected chi connectivity index (χ4v) is 4.45. The highest BCUT2D eigenvalue weighted by atomic mass is 16.2. The number of carbonyl (C=O) groups is 2. The maximum Gasteiger partial charge on any atom is 0.225 e. The summed E-state index contributed by atoms with van der Waals surface area (Å²) < 4.78 is 0. The van der Waals surface area contributed by atoms with Crippen LogP contribution in [0.1, 0.15) is 77.0 Å². The zero-order valence-corrected chi connectivity index (χ0v) is 14.9. The van der Waals surface area contributed by atoms with E-state index >= 15 is 0 Å². The monoisotopic (exact) mass is 332 g/mol. The van der Waals surface area contributed by atoms with Gasteiger partial charge in [0.1, 0.15) is 0 Å². The van der Waals surface area contributed by atoms with Crippen LogP contribution in [0.4, 0.5) is 0 Å². The molecule has 4 heteroatoms. The molecule has 1 N–H and O–H groups in total. The van der Waals surface area contributed by atoms with Gasteiger partial charge in [-0.15, -0.1) is 0 Å². The van der Waals surface area contributed by atoms with Gasteiger partial charge in [0.25, 0.3) is 0 Å². The molecule has 3 aliphatic rings. The maximum atomic E-state index is 12.4. The van der Waals surface area contributed by atoms with E-state index in [1.165, 1.54) is 56.9 Å². The SMILES string of the molecule is O=C(NCCC1=CCCCC1)[C@@H]1CC(=O)N(C2CCCCCC2)C1. The van der Waals surface area contributed by atoms with Crippen molar-refractivity contribution in [2.45, 2.75) is 83.1 Å². The van der Waals surface area contributed by atoms with Crippen LogP contribution in [0, 0.1) is 5.92 Å². The second-order valence-electron chi connectivity index (χ2n) is 7.74. The van der Waals surface area contributed by atoms with Crippen molar-refractivity contribution < 1.29 is 9.59 Å². The molecule has 2 amide bonds. The van der Waals surface area contributed by atoms with Crippen molar-refractivity contribution in [1.29, 1.82) is 0 Å². The molecule has 2 aliphatic carbocycles. The lowest BCUT2D eigenvalue weighted by atomic mass is 9.97. The predicted octanol–water partition coefficient (Wildman–Crippen LogP) is 3.56.